The number of benzene rings is 2. The first-order valence-corrected chi connectivity index (χ1v) is 12.0. The molecule has 2 N–H and O–H groups in total. The van der Waals surface area contributed by atoms with E-state index in [1.165, 1.54) is 5.56 Å². The molecule has 1 aliphatic rings. The van der Waals surface area contributed by atoms with Gasteiger partial charge in [-0.15, -0.1) is 11.3 Å². The first-order valence-electron chi connectivity index (χ1n) is 11.1. The van der Waals surface area contributed by atoms with Crippen molar-refractivity contribution in [3.63, 3.8) is 0 Å². The summed E-state index contributed by atoms with van der Waals surface area (Å²) in [5.74, 6) is -0.349. The zero-order valence-corrected chi connectivity index (χ0v) is 19.0. The van der Waals surface area contributed by atoms with E-state index >= 15 is 0 Å². The predicted octanol–water partition coefficient (Wildman–Crippen LogP) is 5.34. The lowest BCUT2D eigenvalue weighted by molar-refractivity contribution is -0.124. The van der Waals surface area contributed by atoms with Gasteiger partial charge in [-0.05, 0) is 60.0 Å². The third kappa shape index (κ3) is 5.44. The van der Waals surface area contributed by atoms with Crippen LogP contribution >= 0.6 is 11.3 Å². The highest BCUT2D eigenvalue weighted by Gasteiger charge is 2.24. The molecule has 0 radical (unpaired) electrons. The molecule has 0 bridgehead atoms. The van der Waals surface area contributed by atoms with Crippen molar-refractivity contribution < 1.29 is 14.3 Å². The van der Waals surface area contributed by atoms with E-state index in [-0.39, 0.29) is 17.9 Å². The number of amides is 2. The molecule has 2 heterocycles. The number of carbonyl (C=O) groups is 2. The Balaban J connectivity index is 1.50. The van der Waals surface area contributed by atoms with E-state index in [0.717, 1.165) is 36.1 Å². The number of thiophene rings is 1. The molecule has 0 spiro atoms. The van der Waals surface area contributed by atoms with Crippen molar-refractivity contribution in [2.45, 2.75) is 44.8 Å². The van der Waals surface area contributed by atoms with Crippen molar-refractivity contribution in [1.82, 2.24) is 5.32 Å². The first-order chi connectivity index (χ1) is 15.6. The average Bonchev–Trinajstić information content (AvgIpc) is 3.53. The van der Waals surface area contributed by atoms with Gasteiger partial charge < -0.3 is 15.4 Å². The third-order valence-electron chi connectivity index (χ3n) is 5.57. The molecule has 2 aromatic carbocycles. The van der Waals surface area contributed by atoms with E-state index in [1.54, 1.807) is 35.6 Å². The number of carbonyl (C=O) groups excluding carboxylic acids is 2. The van der Waals surface area contributed by atoms with Gasteiger partial charge in [0.1, 0.15) is 6.10 Å². The highest BCUT2D eigenvalue weighted by molar-refractivity contribution is 7.10. The number of nitrogens with one attached hydrogen (secondary N) is 2. The van der Waals surface area contributed by atoms with Crippen LogP contribution in [0.5, 0.6) is 0 Å². The molecule has 0 aliphatic carbocycles. The maximum Gasteiger partial charge on any atom is 0.253 e. The van der Waals surface area contributed by atoms with Gasteiger partial charge in [0.15, 0.2) is 0 Å². The smallest absolute Gasteiger partial charge is 0.253 e. The molecule has 6 heteroatoms. The Labute approximate surface area is 192 Å². The summed E-state index contributed by atoms with van der Waals surface area (Å²) in [6, 6.07) is 19.3. The molecule has 32 heavy (non-hydrogen) atoms. The molecule has 3 aromatic rings. The summed E-state index contributed by atoms with van der Waals surface area (Å²) in [6.07, 6.45) is 3.35. The third-order valence-corrected chi connectivity index (χ3v) is 6.51. The van der Waals surface area contributed by atoms with Crippen LogP contribution in [-0.2, 0) is 16.0 Å². The quantitative estimate of drug-likeness (QED) is 0.489. The zero-order valence-electron chi connectivity index (χ0n) is 18.2. The number of ether oxygens (including phenoxy) is 1. The van der Waals surface area contributed by atoms with Crippen molar-refractivity contribution in [1.29, 1.82) is 0 Å². The summed E-state index contributed by atoms with van der Waals surface area (Å²) in [4.78, 5) is 26.6. The van der Waals surface area contributed by atoms with Crippen molar-refractivity contribution in [2.24, 2.45) is 0 Å². The van der Waals surface area contributed by atoms with E-state index in [4.69, 9.17) is 4.74 Å². The van der Waals surface area contributed by atoms with Crippen molar-refractivity contribution in [2.75, 3.05) is 11.9 Å². The summed E-state index contributed by atoms with van der Waals surface area (Å²) in [5.41, 5.74) is 3.43. The maximum atomic E-state index is 13.1. The molecule has 0 unspecified atom stereocenters. The second-order valence-corrected chi connectivity index (χ2v) is 8.96. The van der Waals surface area contributed by atoms with Gasteiger partial charge in [-0.3, -0.25) is 9.59 Å². The molecule has 1 fully saturated rings. The lowest BCUT2D eigenvalue weighted by Crippen LogP contribution is -2.29. The molecule has 166 valence electrons. The second-order valence-electron chi connectivity index (χ2n) is 7.99. The molecular formula is C26H28N2O3S. The SMILES string of the molecule is CCCc1ccc([C@@H](NC(=O)c2cccc(NC(=O)[C@H]3CCCO3)c2)c2cccs2)cc1. The number of rotatable bonds is 8. The Morgan fingerprint density at radius 3 is 2.66 bits per heavy atom. The molecule has 1 saturated heterocycles. The molecule has 4 rings (SSSR count). The van der Waals surface area contributed by atoms with Crippen LogP contribution in [0.2, 0.25) is 0 Å². The second kappa shape index (κ2) is 10.6. The zero-order chi connectivity index (χ0) is 22.3. The van der Waals surface area contributed by atoms with Crippen LogP contribution in [-0.4, -0.2) is 24.5 Å². The first kappa shape index (κ1) is 22.2. The fourth-order valence-electron chi connectivity index (χ4n) is 3.90. The van der Waals surface area contributed by atoms with Gasteiger partial charge in [-0.25, -0.2) is 0 Å². The highest BCUT2D eigenvalue weighted by Crippen LogP contribution is 2.27. The molecule has 2 amide bonds. The minimum atomic E-state index is -0.411. The minimum absolute atomic E-state index is 0.163. The number of hydrogen-bond donors (Lipinski definition) is 2. The lowest BCUT2D eigenvalue weighted by Gasteiger charge is -2.19. The summed E-state index contributed by atoms with van der Waals surface area (Å²) in [6.45, 7) is 2.78. The van der Waals surface area contributed by atoms with E-state index < -0.39 is 6.10 Å². The van der Waals surface area contributed by atoms with E-state index in [1.807, 2.05) is 17.5 Å². The fraction of sp³-hybridized carbons (Fsp3) is 0.308. The van der Waals surface area contributed by atoms with Gasteiger partial charge in [0, 0.05) is 22.7 Å². The lowest BCUT2D eigenvalue weighted by atomic mass is 10.0. The number of hydrogen-bond acceptors (Lipinski definition) is 4. The Morgan fingerprint density at radius 1 is 1.12 bits per heavy atom. The van der Waals surface area contributed by atoms with E-state index in [0.29, 0.717) is 17.9 Å². The topological polar surface area (TPSA) is 67.4 Å². The van der Waals surface area contributed by atoms with Crippen LogP contribution in [0.15, 0.2) is 66.0 Å². The average molecular weight is 449 g/mol. The summed E-state index contributed by atoms with van der Waals surface area (Å²) < 4.78 is 5.44. The molecule has 1 aliphatic heterocycles. The largest absolute Gasteiger partial charge is 0.368 e. The molecule has 0 saturated carbocycles. The van der Waals surface area contributed by atoms with Crippen LogP contribution in [0, 0.1) is 0 Å². The summed E-state index contributed by atoms with van der Waals surface area (Å²) in [5, 5.41) is 8.06. The van der Waals surface area contributed by atoms with Crippen molar-refractivity contribution in [3.05, 3.63) is 87.6 Å². The molecular weight excluding hydrogens is 420 g/mol. The Hall–Kier alpha value is -2.96. The Kier molecular flexibility index (Phi) is 7.35. The molecule has 2 atom stereocenters. The van der Waals surface area contributed by atoms with Crippen LogP contribution in [0.25, 0.3) is 0 Å². The van der Waals surface area contributed by atoms with Crippen LogP contribution in [0.1, 0.15) is 58.6 Å². The molecule has 1 aromatic heterocycles. The standard InChI is InChI=1S/C26H28N2O3S/c1-2-6-18-11-13-19(14-12-18)24(23-10-5-16-32-23)28-25(29)20-7-3-8-21(17-20)27-26(30)22-9-4-15-31-22/h3,5,7-8,10-14,16-17,22,24H,2,4,6,9,15H2,1H3,(H,27,30)(H,28,29)/t22-,24-/m1/s1. The summed E-state index contributed by atoms with van der Waals surface area (Å²) >= 11 is 1.62. The van der Waals surface area contributed by atoms with Crippen molar-refractivity contribution in [3.8, 4) is 0 Å². The number of aryl methyl sites for hydroxylation is 1. The van der Waals surface area contributed by atoms with Gasteiger partial charge in [-0.1, -0.05) is 49.7 Å². The highest BCUT2D eigenvalue weighted by atomic mass is 32.1. The normalized spacial score (nSPS) is 16.5. The maximum absolute atomic E-state index is 13.1. The fourth-order valence-corrected chi connectivity index (χ4v) is 4.70. The van der Waals surface area contributed by atoms with Crippen molar-refractivity contribution >= 4 is 28.8 Å². The van der Waals surface area contributed by atoms with Crippen LogP contribution < -0.4 is 10.6 Å². The van der Waals surface area contributed by atoms with Gasteiger partial charge in [0.2, 0.25) is 0 Å². The van der Waals surface area contributed by atoms with Crippen LogP contribution in [0.3, 0.4) is 0 Å². The molecule has 5 nitrogen and oxygen atoms in total. The van der Waals surface area contributed by atoms with Gasteiger partial charge in [-0.2, -0.15) is 0 Å². The predicted molar refractivity (Wildman–Crippen MR) is 128 cm³/mol. The monoisotopic (exact) mass is 448 g/mol. The van der Waals surface area contributed by atoms with Gasteiger partial charge >= 0.3 is 0 Å². The van der Waals surface area contributed by atoms with Gasteiger partial charge in [0.05, 0.1) is 6.04 Å². The summed E-state index contributed by atoms with van der Waals surface area (Å²) in [7, 11) is 0. The van der Waals surface area contributed by atoms with Gasteiger partial charge in [0.25, 0.3) is 11.8 Å². The Bertz CT molecular complexity index is 1040. The Morgan fingerprint density at radius 2 is 1.97 bits per heavy atom. The minimum Gasteiger partial charge on any atom is -0.368 e. The van der Waals surface area contributed by atoms with E-state index in [9.17, 15) is 9.59 Å². The van der Waals surface area contributed by atoms with Crippen LogP contribution in [0.4, 0.5) is 5.69 Å². The number of anilines is 1. The van der Waals surface area contributed by atoms with E-state index in [2.05, 4.69) is 41.8 Å².